The molecule has 2 heterocycles. The molecular formula is C28H24ClF4N3O3. The summed E-state index contributed by atoms with van der Waals surface area (Å²) in [5, 5.41) is 13.4. The van der Waals surface area contributed by atoms with Crippen LogP contribution in [0.4, 0.5) is 23.2 Å². The number of hydrogen-bond acceptors (Lipinski definition) is 4. The highest BCUT2D eigenvalue weighted by Gasteiger charge is 2.55. The maximum absolute atomic E-state index is 15.1. The van der Waals surface area contributed by atoms with E-state index >= 15 is 4.39 Å². The van der Waals surface area contributed by atoms with Crippen molar-refractivity contribution in [2.75, 3.05) is 11.4 Å². The van der Waals surface area contributed by atoms with Crippen molar-refractivity contribution in [1.82, 2.24) is 10.3 Å². The fourth-order valence-electron chi connectivity index (χ4n) is 5.58. The number of nitrogens with zero attached hydrogens (tertiary/aromatic N) is 2. The molecule has 1 saturated carbocycles. The smallest absolute Gasteiger partial charge is 0.268 e. The Hall–Kier alpha value is -3.50. The van der Waals surface area contributed by atoms with Crippen LogP contribution in [0.2, 0.25) is 0 Å². The molecule has 2 amide bonds. The van der Waals surface area contributed by atoms with Gasteiger partial charge in [-0.2, -0.15) is 0 Å². The molecule has 39 heavy (non-hydrogen) atoms. The number of rotatable bonds is 6. The minimum absolute atomic E-state index is 0.00946. The van der Waals surface area contributed by atoms with Gasteiger partial charge in [-0.05, 0) is 49.1 Å². The van der Waals surface area contributed by atoms with Gasteiger partial charge in [-0.15, -0.1) is 11.6 Å². The van der Waals surface area contributed by atoms with Crippen LogP contribution in [0, 0.1) is 23.5 Å². The predicted octanol–water partition coefficient (Wildman–Crippen LogP) is 4.64. The fourth-order valence-corrected chi connectivity index (χ4v) is 5.96. The average Bonchev–Trinajstić information content (AvgIpc) is 3.13. The number of benzene rings is 2. The van der Waals surface area contributed by atoms with Crippen LogP contribution in [-0.4, -0.2) is 46.3 Å². The highest BCUT2D eigenvalue weighted by atomic mass is 35.5. The second kappa shape index (κ2) is 10.6. The Balaban J connectivity index is 1.42. The van der Waals surface area contributed by atoms with Crippen LogP contribution >= 0.6 is 11.6 Å². The molecule has 5 atom stereocenters. The summed E-state index contributed by atoms with van der Waals surface area (Å²) in [6.07, 6.45) is -0.164. The van der Waals surface area contributed by atoms with Crippen molar-refractivity contribution in [1.29, 1.82) is 0 Å². The Morgan fingerprint density at radius 3 is 2.54 bits per heavy atom. The van der Waals surface area contributed by atoms with Crippen molar-refractivity contribution in [2.24, 2.45) is 11.8 Å². The van der Waals surface area contributed by atoms with E-state index in [1.54, 1.807) is 6.07 Å². The normalized spacial score (nSPS) is 26.5. The Kier molecular flexibility index (Phi) is 7.35. The first kappa shape index (κ1) is 27.1. The molecule has 1 aromatic heterocycles. The highest BCUT2D eigenvalue weighted by molar-refractivity contribution is 6.21. The summed E-state index contributed by atoms with van der Waals surface area (Å²) >= 11 is 6.63. The van der Waals surface area contributed by atoms with E-state index in [0.717, 1.165) is 17.0 Å². The monoisotopic (exact) mass is 561 g/mol. The number of carbonyl (C=O) groups is 2. The Morgan fingerprint density at radius 1 is 1.10 bits per heavy atom. The summed E-state index contributed by atoms with van der Waals surface area (Å²) in [5.74, 6) is -5.35. The molecule has 2 aliphatic rings. The van der Waals surface area contributed by atoms with E-state index in [1.807, 2.05) is 0 Å². The number of fused-ring (bicyclic) bond motifs is 1. The zero-order chi connectivity index (χ0) is 27.9. The number of anilines is 1. The van der Waals surface area contributed by atoms with Gasteiger partial charge in [0.2, 0.25) is 12.0 Å². The standard InChI is InChI=1S/C28H24ClF4N3O3/c29-19-12-22(35-26(37)15-5-4-10-34-13-15)17(25(32)33)11-16(19)14-36-23-9-3-8-21(31)24(23)28(39,27(36)38)18-6-1-2-7-20(18)30/h1-10,13,16-17,19,22,25,39H,11-12,14H2,(H,35,37)/t16-,17-,19-,22-,28-/m1/s1. The molecule has 5 rings (SSSR count). The third kappa shape index (κ3) is 4.76. The number of aliphatic hydroxyl groups is 1. The molecule has 0 spiro atoms. The second-order valence-electron chi connectivity index (χ2n) is 9.81. The van der Waals surface area contributed by atoms with Gasteiger partial charge in [-0.25, -0.2) is 17.6 Å². The van der Waals surface area contributed by atoms with Crippen LogP contribution in [0.15, 0.2) is 67.0 Å². The molecule has 1 aliphatic heterocycles. The molecule has 1 aliphatic carbocycles. The third-order valence-corrected chi connectivity index (χ3v) is 8.06. The molecule has 0 saturated heterocycles. The minimum Gasteiger partial charge on any atom is -0.371 e. The molecule has 204 valence electrons. The van der Waals surface area contributed by atoms with Gasteiger partial charge in [-0.1, -0.05) is 24.3 Å². The lowest BCUT2D eigenvalue weighted by Crippen LogP contribution is -2.52. The number of nitrogens with one attached hydrogen (secondary N) is 1. The van der Waals surface area contributed by atoms with Crippen LogP contribution in [0.1, 0.15) is 34.3 Å². The molecule has 2 aromatic carbocycles. The fraction of sp³-hybridized carbons (Fsp3) is 0.321. The molecular weight excluding hydrogens is 538 g/mol. The van der Waals surface area contributed by atoms with Crippen molar-refractivity contribution >= 4 is 29.1 Å². The van der Waals surface area contributed by atoms with Crippen molar-refractivity contribution in [3.05, 3.63) is 95.3 Å². The van der Waals surface area contributed by atoms with Gasteiger partial charge >= 0.3 is 0 Å². The Labute approximate surface area is 226 Å². The average molecular weight is 562 g/mol. The first-order valence-corrected chi connectivity index (χ1v) is 12.8. The molecule has 1 fully saturated rings. The summed E-state index contributed by atoms with van der Waals surface area (Å²) in [4.78, 5) is 31.2. The van der Waals surface area contributed by atoms with Crippen molar-refractivity contribution in [3.8, 4) is 0 Å². The van der Waals surface area contributed by atoms with Gasteiger partial charge in [0.25, 0.3) is 11.8 Å². The van der Waals surface area contributed by atoms with Crippen LogP contribution in [-0.2, 0) is 10.4 Å². The molecule has 6 nitrogen and oxygen atoms in total. The molecule has 0 bridgehead atoms. The van der Waals surface area contributed by atoms with Crippen LogP contribution in [0.3, 0.4) is 0 Å². The predicted molar refractivity (Wildman–Crippen MR) is 136 cm³/mol. The van der Waals surface area contributed by atoms with Crippen molar-refractivity contribution < 1.29 is 32.3 Å². The number of pyridine rings is 1. The number of hydrogen-bond donors (Lipinski definition) is 2. The van der Waals surface area contributed by atoms with E-state index in [-0.39, 0.29) is 30.6 Å². The molecule has 2 N–H and O–H groups in total. The maximum atomic E-state index is 15.1. The minimum atomic E-state index is -2.80. The van der Waals surface area contributed by atoms with E-state index in [0.29, 0.717) is 0 Å². The SMILES string of the molecule is O=C(N[C@@H]1C[C@@H](Cl)[C@@H](CN2C(=O)[C@@](O)(c3ccccc3F)c3c(F)cccc32)C[C@H]1C(F)F)c1cccnc1. The van der Waals surface area contributed by atoms with Gasteiger partial charge in [0.05, 0.1) is 16.8 Å². The van der Waals surface area contributed by atoms with E-state index in [1.165, 1.54) is 48.8 Å². The molecule has 0 unspecified atom stereocenters. The Bertz CT molecular complexity index is 1400. The first-order chi connectivity index (χ1) is 18.6. The summed E-state index contributed by atoms with van der Waals surface area (Å²) in [7, 11) is 0. The number of halogens is 5. The van der Waals surface area contributed by atoms with E-state index in [2.05, 4.69) is 10.3 Å². The van der Waals surface area contributed by atoms with Crippen LogP contribution in [0.25, 0.3) is 0 Å². The van der Waals surface area contributed by atoms with Crippen molar-refractivity contribution in [2.45, 2.75) is 36.3 Å². The quantitative estimate of drug-likeness (QED) is 0.339. The first-order valence-electron chi connectivity index (χ1n) is 12.3. The van der Waals surface area contributed by atoms with Crippen molar-refractivity contribution in [3.63, 3.8) is 0 Å². The molecule has 11 heteroatoms. The largest absolute Gasteiger partial charge is 0.371 e. The Morgan fingerprint density at radius 2 is 1.85 bits per heavy atom. The number of carbonyl (C=O) groups excluding carboxylic acids is 2. The lowest BCUT2D eigenvalue weighted by Gasteiger charge is -2.40. The number of aromatic nitrogens is 1. The van der Waals surface area contributed by atoms with Gasteiger partial charge in [0.15, 0.2) is 0 Å². The van der Waals surface area contributed by atoms with Gasteiger partial charge in [-0.3, -0.25) is 14.6 Å². The van der Waals surface area contributed by atoms with Gasteiger partial charge in [0, 0.05) is 41.8 Å². The maximum Gasteiger partial charge on any atom is 0.268 e. The van der Waals surface area contributed by atoms with E-state index in [4.69, 9.17) is 11.6 Å². The number of amides is 2. The van der Waals surface area contributed by atoms with E-state index in [9.17, 15) is 27.9 Å². The third-order valence-electron chi connectivity index (χ3n) is 7.53. The summed E-state index contributed by atoms with van der Waals surface area (Å²) in [5.41, 5.74) is -3.25. The van der Waals surface area contributed by atoms with Crippen LogP contribution in [0.5, 0.6) is 0 Å². The number of alkyl halides is 3. The van der Waals surface area contributed by atoms with Gasteiger partial charge < -0.3 is 15.3 Å². The van der Waals surface area contributed by atoms with E-state index < -0.39 is 69.9 Å². The topological polar surface area (TPSA) is 82.5 Å². The summed E-state index contributed by atoms with van der Waals surface area (Å²) < 4.78 is 58.2. The summed E-state index contributed by atoms with van der Waals surface area (Å²) in [6.45, 7) is -0.216. The second-order valence-corrected chi connectivity index (χ2v) is 10.4. The zero-order valence-corrected chi connectivity index (χ0v) is 21.2. The molecule has 0 radical (unpaired) electrons. The van der Waals surface area contributed by atoms with Crippen LogP contribution < -0.4 is 10.2 Å². The highest BCUT2D eigenvalue weighted by Crippen LogP contribution is 2.48. The van der Waals surface area contributed by atoms with Gasteiger partial charge in [0.1, 0.15) is 11.6 Å². The summed E-state index contributed by atoms with van der Waals surface area (Å²) in [6, 6.07) is 10.9. The lowest BCUT2D eigenvalue weighted by atomic mass is 9.77. The zero-order valence-electron chi connectivity index (χ0n) is 20.4. The lowest BCUT2D eigenvalue weighted by molar-refractivity contribution is -0.132. The molecule has 3 aromatic rings.